The van der Waals surface area contributed by atoms with Gasteiger partial charge in [0.05, 0.1) is 12.7 Å². The Morgan fingerprint density at radius 1 is 1.17 bits per heavy atom. The molecule has 8 nitrogen and oxygen atoms in total. The van der Waals surface area contributed by atoms with Crippen molar-refractivity contribution in [3.05, 3.63) is 58.6 Å². The zero-order chi connectivity index (χ0) is 19.8. The first kappa shape index (κ1) is 18.4. The molecule has 2 atom stereocenters. The predicted octanol–water partition coefficient (Wildman–Crippen LogP) is 1.94. The smallest absolute Gasteiger partial charge is 0.274 e. The molecule has 0 amide bonds. The number of aromatic amines is 1. The summed E-state index contributed by atoms with van der Waals surface area (Å²) in [4.78, 5) is 31.5. The molecule has 152 valence electrons. The summed E-state index contributed by atoms with van der Waals surface area (Å²) >= 11 is 0. The molecular weight excluding hydrogens is 368 g/mol. The van der Waals surface area contributed by atoms with Gasteiger partial charge in [0.25, 0.3) is 5.56 Å². The van der Waals surface area contributed by atoms with E-state index in [4.69, 9.17) is 4.74 Å². The maximum atomic E-state index is 12.8. The first-order valence-corrected chi connectivity index (χ1v) is 10.3. The molecule has 1 N–H and O–H groups in total. The van der Waals surface area contributed by atoms with Crippen LogP contribution >= 0.6 is 0 Å². The van der Waals surface area contributed by atoms with E-state index in [9.17, 15) is 4.79 Å². The van der Waals surface area contributed by atoms with Crippen molar-refractivity contribution in [2.45, 2.75) is 38.1 Å². The summed E-state index contributed by atoms with van der Waals surface area (Å²) in [7, 11) is 0. The van der Waals surface area contributed by atoms with Crippen LogP contribution in [0.5, 0.6) is 0 Å². The van der Waals surface area contributed by atoms with E-state index in [1.807, 2.05) is 10.5 Å². The number of likely N-dealkylation sites (tertiary alicyclic amines) is 1. The van der Waals surface area contributed by atoms with Gasteiger partial charge in [-0.25, -0.2) is 15.0 Å². The fourth-order valence-corrected chi connectivity index (χ4v) is 4.70. The summed E-state index contributed by atoms with van der Waals surface area (Å²) < 4.78 is 7.51. The van der Waals surface area contributed by atoms with Crippen molar-refractivity contribution in [1.29, 1.82) is 0 Å². The highest BCUT2D eigenvalue weighted by Crippen LogP contribution is 2.32. The molecule has 5 heterocycles. The lowest BCUT2D eigenvalue weighted by Gasteiger charge is -2.21. The van der Waals surface area contributed by atoms with Crippen LogP contribution in [0.2, 0.25) is 0 Å². The summed E-state index contributed by atoms with van der Waals surface area (Å²) in [5.74, 6) is 2.85. The number of hydrogen-bond acceptors (Lipinski definition) is 6. The van der Waals surface area contributed by atoms with Gasteiger partial charge in [0.2, 0.25) is 0 Å². The fraction of sp³-hybridized carbons (Fsp3) is 0.524. The second-order valence-electron chi connectivity index (χ2n) is 8.24. The molecule has 0 aromatic carbocycles. The van der Waals surface area contributed by atoms with Gasteiger partial charge < -0.3 is 9.72 Å². The molecule has 2 saturated heterocycles. The van der Waals surface area contributed by atoms with Crippen LogP contribution in [-0.4, -0.2) is 55.5 Å². The molecule has 29 heavy (non-hydrogen) atoms. The Hall–Kier alpha value is -2.58. The van der Waals surface area contributed by atoms with E-state index in [2.05, 4.69) is 38.0 Å². The third-order valence-corrected chi connectivity index (χ3v) is 6.24. The van der Waals surface area contributed by atoms with Crippen molar-refractivity contribution in [1.82, 2.24) is 29.2 Å². The number of fused-ring (bicyclic) bond motifs is 1. The van der Waals surface area contributed by atoms with Crippen LogP contribution in [0.4, 0.5) is 0 Å². The van der Waals surface area contributed by atoms with Crippen molar-refractivity contribution in [3.8, 4) is 0 Å². The van der Waals surface area contributed by atoms with Crippen molar-refractivity contribution >= 4 is 5.52 Å². The van der Waals surface area contributed by atoms with Gasteiger partial charge in [0.15, 0.2) is 0 Å². The van der Waals surface area contributed by atoms with Gasteiger partial charge in [-0.05, 0) is 24.8 Å². The maximum absolute atomic E-state index is 12.8. The molecule has 0 aliphatic carbocycles. The molecule has 3 aromatic heterocycles. The number of nitrogens with one attached hydrogen (secondary N) is 1. The molecule has 0 bridgehead atoms. The quantitative estimate of drug-likeness (QED) is 0.728. The Bertz CT molecular complexity index is 1040. The molecule has 0 spiro atoms. The minimum atomic E-state index is -0.0645. The molecule has 2 aliphatic rings. The number of nitrogens with zero attached hydrogens (tertiary/aromatic N) is 5. The first-order valence-electron chi connectivity index (χ1n) is 10.3. The van der Waals surface area contributed by atoms with Crippen LogP contribution in [0.1, 0.15) is 48.9 Å². The van der Waals surface area contributed by atoms with E-state index < -0.39 is 0 Å². The topological polar surface area (TPSA) is 88.4 Å². The van der Waals surface area contributed by atoms with Gasteiger partial charge in [-0.3, -0.25) is 14.1 Å². The molecule has 0 radical (unpaired) electrons. The molecule has 3 aromatic rings. The van der Waals surface area contributed by atoms with E-state index in [0.29, 0.717) is 17.4 Å². The van der Waals surface area contributed by atoms with E-state index in [0.717, 1.165) is 63.0 Å². The lowest BCUT2D eigenvalue weighted by Crippen LogP contribution is -2.22. The number of H-pyrrole nitrogens is 1. The van der Waals surface area contributed by atoms with Crippen molar-refractivity contribution in [2.24, 2.45) is 5.92 Å². The predicted molar refractivity (Wildman–Crippen MR) is 108 cm³/mol. The zero-order valence-corrected chi connectivity index (χ0v) is 16.6. The van der Waals surface area contributed by atoms with Gasteiger partial charge in [0.1, 0.15) is 17.2 Å². The van der Waals surface area contributed by atoms with E-state index in [1.165, 1.54) is 0 Å². The average Bonchev–Trinajstić information content (AvgIpc) is 3.33. The van der Waals surface area contributed by atoms with E-state index >= 15 is 0 Å². The zero-order valence-electron chi connectivity index (χ0n) is 16.6. The Kier molecular flexibility index (Phi) is 4.89. The van der Waals surface area contributed by atoms with Gasteiger partial charge in [-0.15, -0.1) is 0 Å². The molecular formula is C21H26N6O2. The van der Waals surface area contributed by atoms with E-state index in [-0.39, 0.29) is 11.5 Å². The summed E-state index contributed by atoms with van der Waals surface area (Å²) in [5, 5.41) is 0. The number of rotatable bonds is 4. The Morgan fingerprint density at radius 2 is 1.97 bits per heavy atom. The number of imidazole rings is 1. The van der Waals surface area contributed by atoms with Crippen LogP contribution in [0, 0.1) is 5.92 Å². The number of hydrogen-bond donors (Lipinski definition) is 1. The lowest BCUT2D eigenvalue weighted by atomic mass is 9.95. The lowest BCUT2D eigenvalue weighted by molar-refractivity contribution is 0.0835. The SMILES string of the molecule is C[C@@H]1CN(Cc2ncccn2)C[C@H]1c1cn2c(C3CCOCC3)ncc2c(=O)[nH]1. The molecule has 5 rings (SSSR count). The van der Waals surface area contributed by atoms with Gasteiger partial charge in [-0.1, -0.05) is 6.92 Å². The molecule has 8 heteroatoms. The molecule has 2 aliphatic heterocycles. The van der Waals surface area contributed by atoms with Crippen LogP contribution < -0.4 is 5.56 Å². The summed E-state index contributed by atoms with van der Waals surface area (Å²) in [5.41, 5.74) is 1.54. The number of ether oxygens (including phenoxy) is 1. The monoisotopic (exact) mass is 394 g/mol. The number of aromatic nitrogens is 5. The maximum Gasteiger partial charge on any atom is 0.274 e. The summed E-state index contributed by atoms with van der Waals surface area (Å²) in [6.45, 7) is 6.32. The highest BCUT2D eigenvalue weighted by molar-refractivity contribution is 5.45. The van der Waals surface area contributed by atoms with Crippen LogP contribution in [0.15, 0.2) is 35.6 Å². The summed E-state index contributed by atoms with van der Waals surface area (Å²) in [6.07, 6.45) is 9.25. The minimum absolute atomic E-state index is 0.0645. The third kappa shape index (κ3) is 3.58. The van der Waals surface area contributed by atoms with Crippen molar-refractivity contribution in [3.63, 3.8) is 0 Å². The standard InChI is InChI=1S/C21H26N6O2/c1-14-10-26(13-19-22-5-2-6-23-19)11-16(14)17-12-27-18(21(28)25-17)9-24-20(27)15-3-7-29-8-4-15/h2,5-6,9,12,14-16H,3-4,7-8,10-11,13H2,1H3,(H,25,28)/t14-,16-/m1/s1. The summed E-state index contributed by atoms with van der Waals surface area (Å²) in [6, 6.07) is 1.83. The van der Waals surface area contributed by atoms with E-state index in [1.54, 1.807) is 18.6 Å². The highest BCUT2D eigenvalue weighted by atomic mass is 16.5. The van der Waals surface area contributed by atoms with Gasteiger partial charge in [0, 0.05) is 62.4 Å². The van der Waals surface area contributed by atoms with Crippen molar-refractivity contribution < 1.29 is 4.74 Å². The first-order chi connectivity index (χ1) is 14.2. The van der Waals surface area contributed by atoms with Crippen LogP contribution in [-0.2, 0) is 11.3 Å². The Labute approximate surface area is 169 Å². The second kappa shape index (κ2) is 7.68. The molecule has 0 saturated carbocycles. The third-order valence-electron chi connectivity index (χ3n) is 6.24. The molecule has 2 fully saturated rings. The fourth-order valence-electron chi connectivity index (χ4n) is 4.70. The molecule has 0 unspecified atom stereocenters. The Balaban J connectivity index is 1.43. The minimum Gasteiger partial charge on any atom is -0.381 e. The second-order valence-corrected chi connectivity index (χ2v) is 8.24. The van der Waals surface area contributed by atoms with Crippen LogP contribution in [0.25, 0.3) is 5.52 Å². The van der Waals surface area contributed by atoms with Gasteiger partial charge in [-0.2, -0.15) is 0 Å². The average molecular weight is 394 g/mol. The van der Waals surface area contributed by atoms with Crippen molar-refractivity contribution in [2.75, 3.05) is 26.3 Å². The normalized spacial score (nSPS) is 23.8. The highest BCUT2D eigenvalue weighted by Gasteiger charge is 2.32. The van der Waals surface area contributed by atoms with Crippen LogP contribution in [0.3, 0.4) is 0 Å². The largest absolute Gasteiger partial charge is 0.381 e. The van der Waals surface area contributed by atoms with Gasteiger partial charge >= 0.3 is 0 Å². The Morgan fingerprint density at radius 3 is 2.76 bits per heavy atom.